The molecule has 0 heterocycles. The number of hydrogen-bond donors (Lipinski definition) is 1. The summed E-state index contributed by atoms with van der Waals surface area (Å²) in [6, 6.07) is 9.49. The van der Waals surface area contributed by atoms with Crippen molar-refractivity contribution in [1.29, 1.82) is 0 Å². The van der Waals surface area contributed by atoms with Gasteiger partial charge in [0.15, 0.2) is 0 Å². The normalized spacial score (nSPS) is 12.9. The van der Waals surface area contributed by atoms with Crippen molar-refractivity contribution in [3.63, 3.8) is 0 Å². The average Bonchev–Trinajstić information content (AvgIpc) is 2.39. The van der Waals surface area contributed by atoms with Gasteiger partial charge >= 0.3 is 0 Å². The van der Waals surface area contributed by atoms with Gasteiger partial charge in [0, 0.05) is 16.7 Å². The lowest BCUT2D eigenvalue weighted by molar-refractivity contribution is 0.365. The third kappa shape index (κ3) is 5.03. The topological polar surface area (TPSA) is 12.0 Å². The highest BCUT2D eigenvalue weighted by Crippen LogP contribution is 2.23. The third-order valence-electron chi connectivity index (χ3n) is 3.53. The van der Waals surface area contributed by atoms with Crippen LogP contribution in [-0.2, 0) is 0 Å². The minimum Gasteiger partial charge on any atom is -0.313 e. The summed E-state index contributed by atoms with van der Waals surface area (Å²) < 4.78 is 0. The Balaban J connectivity index is 2.53. The van der Waals surface area contributed by atoms with Gasteiger partial charge in [-0.15, -0.1) is 11.8 Å². The van der Waals surface area contributed by atoms with Crippen LogP contribution in [0.4, 0.5) is 0 Å². The lowest BCUT2D eigenvalue weighted by atomic mass is 9.95. The molecule has 18 heavy (non-hydrogen) atoms. The van der Waals surface area contributed by atoms with Gasteiger partial charge in [-0.05, 0) is 31.5 Å². The molecule has 0 fully saturated rings. The number of thioether (sulfide) groups is 1. The molecule has 0 aliphatic rings. The largest absolute Gasteiger partial charge is 0.313 e. The van der Waals surface area contributed by atoms with E-state index in [-0.39, 0.29) is 0 Å². The molecule has 1 aromatic rings. The summed E-state index contributed by atoms with van der Waals surface area (Å²) in [6.45, 7) is 10.0. The molecule has 1 N–H and O–H groups in total. The predicted molar refractivity (Wildman–Crippen MR) is 83.4 cm³/mol. The Labute approximate surface area is 117 Å². The van der Waals surface area contributed by atoms with Crippen LogP contribution in [0.2, 0.25) is 0 Å². The number of benzene rings is 1. The van der Waals surface area contributed by atoms with Crippen LogP contribution in [-0.4, -0.2) is 18.3 Å². The van der Waals surface area contributed by atoms with Crippen LogP contribution >= 0.6 is 11.8 Å². The molecule has 1 unspecified atom stereocenters. The van der Waals surface area contributed by atoms with Gasteiger partial charge < -0.3 is 5.32 Å². The van der Waals surface area contributed by atoms with E-state index < -0.39 is 0 Å². The summed E-state index contributed by atoms with van der Waals surface area (Å²) >= 11 is 1.97. The predicted octanol–water partition coefficient (Wildman–Crippen LogP) is 4.50. The van der Waals surface area contributed by atoms with Crippen molar-refractivity contribution >= 4 is 11.8 Å². The van der Waals surface area contributed by atoms with E-state index in [0.29, 0.717) is 6.04 Å². The number of nitrogens with one attached hydrogen (secondary N) is 1. The molecule has 0 aliphatic carbocycles. The molecule has 2 heteroatoms. The van der Waals surface area contributed by atoms with E-state index in [1.165, 1.54) is 29.1 Å². The maximum Gasteiger partial charge on any atom is 0.0189 e. The maximum absolute atomic E-state index is 3.65. The van der Waals surface area contributed by atoms with Crippen molar-refractivity contribution in [2.75, 3.05) is 12.3 Å². The molecule has 0 bridgehead atoms. The van der Waals surface area contributed by atoms with Crippen LogP contribution in [0.3, 0.4) is 0 Å². The fourth-order valence-corrected chi connectivity index (χ4v) is 3.39. The highest BCUT2D eigenvalue weighted by Gasteiger charge is 2.17. The minimum absolute atomic E-state index is 0.635. The molecular weight excluding hydrogens is 238 g/mol. The molecule has 1 aromatic carbocycles. The second-order valence-electron chi connectivity index (χ2n) is 4.86. The first-order valence-corrected chi connectivity index (χ1v) is 8.12. The fraction of sp³-hybridized carbons (Fsp3) is 0.625. The highest BCUT2D eigenvalue weighted by molar-refractivity contribution is 7.99. The second kappa shape index (κ2) is 8.60. The lowest BCUT2D eigenvalue weighted by Gasteiger charge is -2.25. The van der Waals surface area contributed by atoms with E-state index in [4.69, 9.17) is 0 Å². The van der Waals surface area contributed by atoms with Crippen molar-refractivity contribution < 1.29 is 0 Å². The summed E-state index contributed by atoms with van der Waals surface area (Å²) in [4.78, 5) is 1.38. The van der Waals surface area contributed by atoms with Crippen molar-refractivity contribution in [3.8, 4) is 0 Å². The van der Waals surface area contributed by atoms with Crippen LogP contribution < -0.4 is 5.32 Å². The summed E-state index contributed by atoms with van der Waals surface area (Å²) in [5.74, 6) is 1.96. The average molecular weight is 265 g/mol. The van der Waals surface area contributed by atoms with Gasteiger partial charge in [-0.2, -0.15) is 0 Å². The molecule has 1 atom stereocenters. The van der Waals surface area contributed by atoms with E-state index in [1.54, 1.807) is 0 Å². The summed E-state index contributed by atoms with van der Waals surface area (Å²) in [5.41, 5.74) is 1.34. The molecule has 1 rings (SSSR count). The van der Waals surface area contributed by atoms with Gasteiger partial charge in [0.05, 0.1) is 0 Å². The Bertz CT molecular complexity index is 316. The fourth-order valence-electron chi connectivity index (χ4n) is 2.30. The van der Waals surface area contributed by atoms with E-state index >= 15 is 0 Å². The third-order valence-corrected chi connectivity index (χ3v) is 4.67. The highest BCUT2D eigenvalue weighted by atomic mass is 32.2. The first-order valence-electron chi connectivity index (χ1n) is 7.14. The van der Waals surface area contributed by atoms with E-state index in [2.05, 4.69) is 57.3 Å². The zero-order valence-corrected chi connectivity index (χ0v) is 13.0. The Hall–Kier alpha value is -0.470. The van der Waals surface area contributed by atoms with Gasteiger partial charge in [-0.1, -0.05) is 51.3 Å². The van der Waals surface area contributed by atoms with Crippen LogP contribution in [0.25, 0.3) is 0 Å². The molecular formula is C16H27NS. The molecule has 0 radical (unpaired) electrons. The quantitative estimate of drug-likeness (QED) is 0.694. The molecule has 1 nitrogen and oxygen atoms in total. The van der Waals surface area contributed by atoms with Crippen LogP contribution in [0.1, 0.15) is 39.2 Å². The van der Waals surface area contributed by atoms with Crippen molar-refractivity contribution in [2.24, 2.45) is 5.92 Å². The summed E-state index contributed by atoms with van der Waals surface area (Å²) in [7, 11) is 0. The molecule has 0 aromatic heterocycles. The summed E-state index contributed by atoms with van der Waals surface area (Å²) in [5, 5.41) is 3.65. The number of aryl methyl sites for hydroxylation is 1. The van der Waals surface area contributed by atoms with Gasteiger partial charge in [0.1, 0.15) is 0 Å². The monoisotopic (exact) mass is 265 g/mol. The van der Waals surface area contributed by atoms with E-state index in [9.17, 15) is 0 Å². The Morgan fingerprint density at radius 2 is 1.67 bits per heavy atom. The number of hydrogen-bond acceptors (Lipinski definition) is 2. The van der Waals surface area contributed by atoms with E-state index in [1.807, 2.05) is 11.8 Å². The van der Waals surface area contributed by atoms with Crippen LogP contribution in [0.5, 0.6) is 0 Å². The maximum atomic E-state index is 3.65. The van der Waals surface area contributed by atoms with Gasteiger partial charge in [-0.3, -0.25) is 0 Å². The molecule has 102 valence electrons. The Kier molecular flexibility index (Phi) is 7.45. The first-order chi connectivity index (χ1) is 8.71. The first kappa shape index (κ1) is 15.6. The van der Waals surface area contributed by atoms with Crippen molar-refractivity contribution in [3.05, 3.63) is 29.8 Å². The van der Waals surface area contributed by atoms with Crippen molar-refractivity contribution in [1.82, 2.24) is 5.32 Å². The zero-order chi connectivity index (χ0) is 13.4. The Morgan fingerprint density at radius 1 is 1.06 bits per heavy atom. The smallest absolute Gasteiger partial charge is 0.0189 e. The van der Waals surface area contributed by atoms with Crippen LogP contribution in [0, 0.1) is 12.8 Å². The zero-order valence-electron chi connectivity index (χ0n) is 12.2. The number of rotatable bonds is 8. The molecule has 0 saturated heterocycles. The van der Waals surface area contributed by atoms with Crippen LogP contribution in [0.15, 0.2) is 29.2 Å². The van der Waals surface area contributed by atoms with Gasteiger partial charge in [-0.25, -0.2) is 0 Å². The lowest BCUT2D eigenvalue weighted by Crippen LogP contribution is -2.37. The van der Waals surface area contributed by atoms with Gasteiger partial charge in [0.25, 0.3) is 0 Å². The standard InChI is InChI=1S/C16H27NS/c1-5-14(6-2)16(17-7-3)12-18-15-10-8-13(4)9-11-15/h8-11,14,16-17H,5-7,12H2,1-4H3. The Morgan fingerprint density at radius 3 is 2.17 bits per heavy atom. The molecule has 0 saturated carbocycles. The van der Waals surface area contributed by atoms with Gasteiger partial charge in [0.2, 0.25) is 0 Å². The van der Waals surface area contributed by atoms with Crippen molar-refractivity contribution in [2.45, 2.75) is 51.5 Å². The minimum atomic E-state index is 0.635. The molecule has 0 amide bonds. The second-order valence-corrected chi connectivity index (χ2v) is 5.96. The summed E-state index contributed by atoms with van der Waals surface area (Å²) in [6.07, 6.45) is 2.53. The molecule has 0 aliphatic heterocycles. The van der Waals surface area contributed by atoms with E-state index in [0.717, 1.165) is 12.5 Å². The molecule has 0 spiro atoms. The SMILES string of the molecule is CCNC(CSc1ccc(C)cc1)C(CC)CC.